The average Bonchev–Trinajstić information content (AvgIpc) is 2.91. The van der Waals surface area contributed by atoms with Crippen LogP contribution in [0.15, 0.2) is 12.1 Å². The number of carbonyl (C=O) groups is 1. The summed E-state index contributed by atoms with van der Waals surface area (Å²) in [5.41, 5.74) is 0. The van der Waals surface area contributed by atoms with Crippen molar-refractivity contribution in [3.63, 3.8) is 0 Å². The fraction of sp³-hybridized carbons (Fsp3) is 0.533. The number of aliphatic hydroxyl groups excluding tert-OH is 1. The van der Waals surface area contributed by atoms with E-state index >= 15 is 0 Å². The second-order valence-corrected chi connectivity index (χ2v) is 6.19. The maximum absolute atomic E-state index is 12.0. The van der Waals surface area contributed by atoms with Crippen LogP contribution in [0, 0.1) is 17.8 Å². The van der Waals surface area contributed by atoms with Crippen LogP contribution in [-0.4, -0.2) is 49.2 Å². The fourth-order valence-electron chi connectivity index (χ4n) is 2.42. The number of aliphatic hydroxyl groups is 1. The molecule has 2 N–H and O–H groups in total. The molecule has 0 bridgehead atoms. The summed E-state index contributed by atoms with van der Waals surface area (Å²) >= 11 is 1.36. The molecule has 2 heterocycles. The average molecular weight is 292 g/mol. The van der Waals surface area contributed by atoms with Crippen LogP contribution in [0.1, 0.15) is 27.4 Å². The maximum atomic E-state index is 12.0. The van der Waals surface area contributed by atoms with Crippen molar-refractivity contribution in [2.24, 2.45) is 5.92 Å². The Hall–Kier alpha value is -1.35. The summed E-state index contributed by atoms with van der Waals surface area (Å²) in [7, 11) is 2.12. The van der Waals surface area contributed by atoms with Crippen molar-refractivity contribution in [1.29, 1.82) is 0 Å². The summed E-state index contributed by atoms with van der Waals surface area (Å²) in [6, 6.07) is 3.60. The molecule has 1 fully saturated rings. The number of rotatable bonds is 3. The molecule has 0 radical (unpaired) electrons. The van der Waals surface area contributed by atoms with E-state index in [0.29, 0.717) is 10.8 Å². The van der Waals surface area contributed by atoms with Gasteiger partial charge in [0.1, 0.15) is 6.61 Å². The molecule has 0 saturated carbocycles. The van der Waals surface area contributed by atoms with Gasteiger partial charge in [-0.15, -0.1) is 11.3 Å². The Labute approximate surface area is 123 Å². The lowest BCUT2D eigenvalue weighted by atomic mass is 9.98. The van der Waals surface area contributed by atoms with Gasteiger partial charge in [-0.25, -0.2) is 0 Å². The molecular weight excluding hydrogens is 272 g/mol. The van der Waals surface area contributed by atoms with Crippen LogP contribution in [0.3, 0.4) is 0 Å². The maximum Gasteiger partial charge on any atom is 0.261 e. The number of thiophene rings is 1. The largest absolute Gasteiger partial charge is 0.384 e. The third-order valence-corrected chi connectivity index (χ3v) is 4.39. The topological polar surface area (TPSA) is 52.6 Å². The first kappa shape index (κ1) is 15.0. The molecule has 108 valence electrons. The molecule has 1 aliphatic rings. The van der Waals surface area contributed by atoms with Crippen molar-refractivity contribution in [1.82, 2.24) is 10.2 Å². The molecule has 20 heavy (non-hydrogen) atoms. The lowest BCUT2D eigenvalue weighted by Crippen LogP contribution is -2.38. The minimum absolute atomic E-state index is 0.0275. The third kappa shape index (κ3) is 4.34. The van der Waals surface area contributed by atoms with Crippen molar-refractivity contribution < 1.29 is 9.90 Å². The Morgan fingerprint density at radius 1 is 1.60 bits per heavy atom. The van der Waals surface area contributed by atoms with Gasteiger partial charge in [-0.1, -0.05) is 11.8 Å². The Kier molecular flexibility index (Phi) is 5.60. The highest BCUT2D eigenvalue weighted by Gasteiger charge is 2.18. The number of likely N-dealkylation sites (tertiary alicyclic amines) is 1. The van der Waals surface area contributed by atoms with Crippen LogP contribution in [-0.2, 0) is 0 Å². The van der Waals surface area contributed by atoms with Crippen molar-refractivity contribution in [3.05, 3.63) is 21.9 Å². The molecule has 0 aliphatic carbocycles. The van der Waals surface area contributed by atoms with E-state index in [4.69, 9.17) is 5.11 Å². The van der Waals surface area contributed by atoms with Gasteiger partial charge in [0.15, 0.2) is 0 Å². The Morgan fingerprint density at radius 3 is 3.20 bits per heavy atom. The normalized spacial score (nSPS) is 19.2. The summed E-state index contributed by atoms with van der Waals surface area (Å²) in [5.74, 6) is 5.92. The Balaban J connectivity index is 1.83. The van der Waals surface area contributed by atoms with Crippen LogP contribution >= 0.6 is 11.3 Å². The quantitative estimate of drug-likeness (QED) is 0.822. The first-order chi connectivity index (χ1) is 9.69. The van der Waals surface area contributed by atoms with Gasteiger partial charge >= 0.3 is 0 Å². The minimum Gasteiger partial charge on any atom is -0.384 e. The molecule has 1 unspecified atom stereocenters. The van der Waals surface area contributed by atoms with Gasteiger partial charge in [0.25, 0.3) is 5.91 Å². The van der Waals surface area contributed by atoms with E-state index in [1.165, 1.54) is 24.2 Å². The zero-order chi connectivity index (χ0) is 14.4. The van der Waals surface area contributed by atoms with Gasteiger partial charge in [-0.3, -0.25) is 4.79 Å². The Morgan fingerprint density at radius 2 is 2.45 bits per heavy atom. The van der Waals surface area contributed by atoms with E-state index in [0.717, 1.165) is 24.5 Å². The summed E-state index contributed by atoms with van der Waals surface area (Å²) in [6.45, 7) is 2.79. The number of nitrogens with one attached hydrogen (secondary N) is 1. The predicted molar refractivity (Wildman–Crippen MR) is 80.8 cm³/mol. The van der Waals surface area contributed by atoms with Crippen molar-refractivity contribution in [2.75, 3.05) is 33.3 Å². The van der Waals surface area contributed by atoms with Gasteiger partial charge in [-0.05, 0) is 44.5 Å². The third-order valence-electron chi connectivity index (χ3n) is 3.39. The highest BCUT2D eigenvalue weighted by molar-refractivity contribution is 7.14. The number of nitrogens with zero attached hydrogens (tertiary/aromatic N) is 1. The smallest absolute Gasteiger partial charge is 0.261 e. The Bertz CT molecular complexity index is 515. The van der Waals surface area contributed by atoms with E-state index in [9.17, 15) is 4.79 Å². The molecule has 2 rings (SSSR count). The van der Waals surface area contributed by atoms with Crippen molar-refractivity contribution >= 4 is 17.2 Å². The van der Waals surface area contributed by atoms with Crippen LogP contribution in [0.2, 0.25) is 0 Å². The van der Waals surface area contributed by atoms with E-state index in [2.05, 4.69) is 29.1 Å². The molecule has 4 nitrogen and oxygen atoms in total. The van der Waals surface area contributed by atoms with Crippen LogP contribution in [0.5, 0.6) is 0 Å². The molecule has 1 aliphatic heterocycles. The number of carbonyl (C=O) groups excluding carboxylic acids is 1. The second-order valence-electron chi connectivity index (χ2n) is 5.10. The summed E-state index contributed by atoms with van der Waals surface area (Å²) in [5, 5.41) is 11.6. The summed E-state index contributed by atoms with van der Waals surface area (Å²) < 4.78 is 0. The van der Waals surface area contributed by atoms with Gasteiger partial charge < -0.3 is 15.3 Å². The molecule has 0 spiro atoms. The highest BCUT2D eigenvalue weighted by atomic mass is 32.1. The molecule has 5 heteroatoms. The zero-order valence-corrected chi connectivity index (χ0v) is 12.5. The molecule has 1 saturated heterocycles. The number of hydrogen-bond donors (Lipinski definition) is 2. The van der Waals surface area contributed by atoms with Gasteiger partial charge in [0, 0.05) is 13.1 Å². The molecule has 1 amide bonds. The van der Waals surface area contributed by atoms with Crippen molar-refractivity contribution in [2.45, 2.75) is 12.8 Å². The molecule has 0 aromatic carbocycles. The standard InChI is InChI=1S/C15H20N2O2S/c1-17-8-2-4-12(11-17)10-16-15(19)14-7-6-13(20-14)5-3-9-18/h6-7,12,18H,2,4,8-11H2,1H3,(H,16,19). The first-order valence-corrected chi connectivity index (χ1v) is 7.67. The molecule has 1 aromatic heterocycles. The summed E-state index contributed by atoms with van der Waals surface area (Å²) in [6.07, 6.45) is 2.39. The molecular formula is C15H20N2O2S. The molecule has 1 aromatic rings. The molecule has 1 atom stereocenters. The monoisotopic (exact) mass is 292 g/mol. The fourth-order valence-corrected chi connectivity index (χ4v) is 3.21. The van der Waals surface area contributed by atoms with Crippen molar-refractivity contribution in [3.8, 4) is 11.8 Å². The first-order valence-electron chi connectivity index (χ1n) is 6.85. The zero-order valence-electron chi connectivity index (χ0n) is 11.7. The highest BCUT2D eigenvalue weighted by Crippen LogP contribution is 2.17. The SMILES string of the molecule is CN1CCCC(CNC(=O)c2ccc(C#CCO)s2)C1. The van der Waals surface area contributed by atoms with E-state index in [-0.39, 0.29) is 12.5 Å². The lowest BCUT2D eigenvalue weighted by Gasteiger charge is -2.29. The van der Waals surface area contributed by atoms with Gasteiger partial charge in [0.2, 0.25) is 0 Å². The number of piperidine rings is 1. The minimum atomic E-state index is -0.158. The van der Waals surface area contributed by atoms with Gasteiger partial charge in [-0.2, -0.15) is 0 Å². The van der Waals surface area contributed by atoms with Gasteiger partial charge in [0.05, 0.1) is 9.75 Å². The van der Waals surface area contributed by atoms with Crippen LogP contribution in [0.25, 0.3) is 0 Å². The van der Waals surface area contributed by atoms with Crippen LogP contribution in [0.4, 0.5) is 0 Å². The number of hydrogen-bond acceptors (Lipinski definition) is 4. The van der Waals surface area contributed by atoms with E-state index in [1.807, 2.05) is 6.07 Å². The predicted octanol–water partition coefficient (Wildman–Crippen LogP) is 1.16. The lowest BCUT2D eigenvalue weighted by molar-refractivity contribution is 0.0941. The van der Waals surface area contributed by atoms with E-state index in [1.54, 1.807) is 6.07 Å². The van der Waals surface area contributed by atoms with Crippen LogP contribution < -0.4 is 5.32 Å². The summed E-state index contributed by atoms with van der Waals surface area (Å²) in [4.78, 5) is 15.8. The number of amides is 1. The second kappa shape index (κ2) is 7.44. The van der Waals surface area contributed by atoms with E-state index < -0.39 is 0 Å².